The third-order valence-electron chi connectivity index (χ3n) is 5.08. The smallest absolute Gasteiger partial charge is 0.410 e. The van der Waals surface area contributed by atoms with Crippen molar-refractivity contribution in [1.29, 1.82) is 0 Å². The molecule has 1 amide bonds. The summed E-state index contributed by atoms with van der Waals surface area (Å²) in [4.78, 5) is 14.5. The van der Waals surface area contributed by atoms with Crippen LogP contribution in [0.4, 0.5) is 4.79 Å². The van der Waals surface area contributed by atoms with Gasteiger partial charge in [0.05, 0.1) is 6.21 Å². The second kappa shape index (κ2) is 8.01. The van der Waals surface area contributed by atoms with Crippen LogP contribution in [0.5, 0.6) is 0 Å². The van der Waals surface area contributed by atoms with Gasteiger partial charge in [-0.15, -0.1) is 0 Å². The summed E-state index contributed by atoms with van der Waals surface area (Å²) < 4.78 is 21.6. The largest absolute Gasteiger partial charge is 0.591 e. The van der Waals surface area contributed by atoms with E-state index in [-0.39, 0.29) is 28.8 Å². The lowest BCUT2D eigenvalue weighted by atomic mass is 9.92. The van der Waals surface area contributed by atoms with Crippen LogP contribution in [0.3, 0.4) is 0 Å². The van der Waals surface area contributed by atoms with Crippen LogP contribution < -0.4 is 0 Å². The molecule has 26 heavy (non-hydrogen) atoms. The summed E-state index contributed by atoms with van der Waals surface area (Å²) in [6, 6.07) is 10.2. The zero-order valence-electron chi connectivity index (χ0n) is 15.8. The topological polar surface area (TPSA) is 65.0 Å². The molecule has 2 bridgehead atoms. The highest BCUT2D eigenvalue weighted by atomic mass is 32.2. The number of piperidine rings is 1. The molecule has 6 heteroatoms. The Balaban J connectivity index is 1.55. The summed E-state index contributed by atoms with van der Waals surface area (Å²) >= 11 is -1.22. The number of rotatable bonds is 4. The SMILES string of the molecule is CC(C)(C)[S@+]([O-])/N=C\[C@@H]1C[C@H]2CC[C@@H](C1)N2C(=O)OCc1ccccc1. The van der Waals surface area contributed by atoms with Crippen molar-refractivity contribution in [2.75, 3.05) is 0 Å². The first-order valence-corrected chi connectivity index (χ1v) is 10.4. The molecule has 5 nitrogen and oxygen atoms in total. The predicted molar refractivity (Wildman–Crippen MR) is 104 cm³/mol. The van der Waals surface area contributed by atoms with E-state index < -0.39 is 11.4 Å². The number of amides is 1. The molecule has 2 heterocycles. The number of carbonyl (C=O) groups is 1. The highest BCUT2D eigenvalue weighted by Gasteiger charge is 2.44. The molecular formula is C20H28N2O3S. The lowest BCUT2D eigenvalue weighted by molar-refractivity contribution is 0.0602. The maximum atomic E-state index is 12.6. The van der Waals surface area contributed by atoms with Gasteiger partial charge in [0.25, 0.3) is 0 Å². The zero-order chi connectivity index (χ0) is 18.7. The van der Waals surface area contributed by atoms with E-state index in [1.165, 1.54) is 0 Å². The van der Waals surface area contributed by atoms with Crippen LogP contribution >= 0.6 is 0 Å². The van der Waals surface area contributed by atoms with Gasteiger partial charge in [-0.1, -0.05) is 34.7 Å². The van der Waals surface area contributed by atoms with E-state index in [9.17, 15) is 9.35 Å². The maximum Gasteiger partial charge on any atom is 0.410 e. The molecule has 2 aliphatic rings. The lowest BCUT2D eigenvalue weighted by Crippen LogP contribution is -2.47. The second-order valence-electron chi connectivity index (χ2n) is 8.18. The van der Waals surface area contributed by atoms with Gasteiger partial charge in [0.2, 0.25) is 0 Å². The Kier molecular flexibility index (Phi) is 5.92. The minimum Gasteiger partial charge on any atom is -0.591 e. The van der Waals surface area contributed by atoms with E-state index in [1.807, 2.05) is 62.2 Å². The van der Waals surface area contributed by atoms with E-state index in [1.54, 1.807) is 0 Å². The third kappa shape index (κ3) is 4.60. The predicted octanol–water partition coefficient (Wildman–Crippen LogP) is 4.10. The lowest BCUT2D eigenvalue weighted by Gasteiger charge is -2.36. The Morgan fingerprint density at radius 1 is 1.27 bits per heavy atom. The molecule has 0 aromatic heterocycles. The molecule has 2 fully saturated rings. The standard InChI is InChI=1S/C20H28N2O3S/c1-20(2,3)26(24)21-13-16-11-17-9-10-18(12-16)22(17)19(23)25-14-15-7-5-4-6-8-15/h4-8,13,16-18H,9-12,14H2,1-3H3/b21-13-/t16-,17-,18+,26-/m0/s1. The average Bonchev–Trinajstić information content (AvgIpc) is 2.88. The van der Waals surface area contributed by atoms with E-state index >= 15 is 0 Å². The van der Waals surface area contributed by atoms with Crippen LogP contribution in [0, 0.1) is 5.92 Å². The monoisotopic (exact) mass is 376 g/mol. The van der Waals surface area contributed by atoms with Gasteiger partial charge in [-0.3, -0.25) is 0 Å². The maximum absolute atomic E-state index is 12.6. The van der Waals surface area contributed by atoms with Crippen molar-refractivity contribution in [3.8, 4) is 0 Å². The number of hydrogen-bond donors (Lipinski definition) is 0. The number of fused-ring (bicyclic) bond motifs is 2. The van der Waals surface area contributed by atoms with Crippen LogP contribution in [0.25, 0.3) is 0 Å². The Morgan fingerprint density at radius 3 is 2.46 bits per heavy atom. The van der Waals surface area contributed by atoms with Gasteiger partial charge in [0.15, 0.2) is 0 Å². The van der Waals surface area contributed by atoms with Gasteiger partial charge in [-0.2, -0.15) is 0 Å². The molecule has 142 valence electrons. The van der Waals surface area contributed by atoms with Crippen molar-refractivity contribution >= 4 is 23.7 Å². The minimum atomic E-state index is -1.22. The van der Waals surface area contributed by atoms with Crippen LogP contribution in [0.2, 0.25) is 0 Å². The third-order valence-corrected chi connectivity index (χ3v) is 6.44. The zero-order valence-corrected chi connectivity index (χ0v) is 16.6. The van der Waals surface area contributed by atoms with Crippen molar-refractivity contribution in [3.05, 3.63) is 35.9 Å². The van der Waals surface area contributed by atoms with Gasteiger partial charge in [-0.25, -0.2) is 4.79 Å². The van der Waals surface area contributed by atoms with Gasteiger partial charge >= 0.3 is 6.09 Å². The molecule has 2 saturated heterocycles. The minimum absolute atomic E-state index is 0.205. The molecule has 1 aromatic rings. The average molecular weight is 377 g/mol. The summed E-state index contributed by atoms with van der Waals surface area (Å²) in [6.45, 7) is 6.09. The number of benzene rings is 1. The molecule has 0 aliphatic carbocycles. The van der Waals surface area contributed by atoms with Crippen LogP contribution in [-0.4, -0.2) is 38.6 Å². The molecule has 0 spiro atoms. The molecular weight excluding hydrogens is 348 g/mol. The number of ether oxygens (including phenoxy) is 1. The summed E-state index contributed by atoms with van der Waals surface area (Å²) in [5.41, 5.74) is 1.000. The van der Waals surface area contributed by atoms with Crippen molar-refractivity contribution in [2.24, 2.45) is 10.3 Å². The first-order chi connectivity index (χ1) is 12.3. The van der Waals surface area contributed by atoms with Crippen LogP contribution in [0.1, 0.15) is 52.0 Å². The van der Waals surface area contributed by atoms with E-state index in [4.69, 9.17) is 4.74 Å². The van der Waals surface area contributed by atoms with Gasteiger partial charge in [0, 0.05) is 18.0 Å². The van der Waals surface area contributed by atoms with Gasteiger partial charge < -0.3 is 14.2 Å². The molecule has 0 unspecified atom stereocenters. The molecule has 0 N–H and O–H groups in total. The van der Waals surface area contributed by atoms with E-state index in [0.717, 1.165) is 31.2 Å². The Hall–Kier alpha value is -1.53. The molecule has 2 aliphatic heterocycles. The Morgan fingerprint density at radius 2 is 1.88 bits per heavy atom. The Bertz CT molecular complexity index is 630. The van der Waals surface area contributed by atoms with Crippen LogP contribution in [0.15, 0.2) is 34.7 Å². The first kappa shape index (κ1) is 19.2. The normalized spacial score (nSPS) is 26.9. The first-order valence-electron chi connectivity index (χ1n) is 9.30. The molecule has 1 aromatic carbocycles. The quantitative estimate of drug-likeness (QED) is 0.587. The molecule has 3 rings (SSSR count). The summed E-state index contributed by atoms with van der Waals surface area (Å²) in [5, 5.41) is 0. The summed E-state index contributed by atoms with van der Waals surface area (Å²) in [5.74, 6) is 0.289. The highest BCUT2D eigenvalue weighted by molar-refractivity contribution is 7.91. The highest BCUT2D eigenvalue weighted by Crippen LogP contribution is 2.38. The molecule has 4 atom stereocenters. The Labute approximate surface area is 159 Å². The van der Waals surface area contributed by atoms with Crippen molar-refractivity contribution in [2.45, 2.75) is 69.9 Å². The van der Waals surface area contributed by atoms with E-state index in [2.05, 4.69) is 4.40 Å². The molecule has 0 saturated carbocycles. The van der Waals surface area contributed by atoms with E-state index in [0.29, 0.717) is 6.61 Å². The summed E-state index contributed by atoms with van der Waals surface area (Å²) in [7, 11) is 0. The van der Waals surface area contributed by atoms with Crippen molar-refractivity contribution < 1.29 is 14.1 Å². The van der Waals surface area contributed by atoms with Gasteiger partial charge in [-0.05, 0) is 52.0 Å². The fourth-order valence-electron chi connectivity index (χ4n) is 3.73. The number of nitrogens with zero attached hydrogens (tertiary/aromatic N) is 2. The van der Waals surface area contributed by atoms with Gasteiger partial charge in [0.1, 0.15) is 22.7 Å². The van der Waals surface area contributed by atoms with Crippen molar-refractivity contribution in [3.63, 3.8) is 0 Å². The molecule has 0 radical (unpaired) electrons. The van der Waals surface area contributed by atoms with Crippen LogP contribution in [-0.2, 0) is 22.7 Å². The fourth-order valence-corrected chi connectivity index (χ4v) is 4.33. The summed E-state index contributed by atoms with van der Waals surface area (Å²) in [6.07, 6.45) is 5.42. The fraction of sp³-hybridized carbons (Fsp3) is 0.600. The second-order valence-corrected chi connectivity index (χ2v) is 10.1. The number of hydrogen-bond acceptors (Lipinski definition) is 4. The van der Waals surface area contributed by atoms with Crippen molar-refractivity contribution in [1.82, 2.24) is 4.90 Å². The number of carbonyl (C=O) groups excluding carboxylic acids is 1.